The van der Waals surface area contributed by atoms with E-state index < -0.39 is 0 Å². The highest BCUT2D eigenvalue weighted by Gasteiger charge is 2.18. The highest BCUT2D eigenvalue weighted by Crippen LogP contribution is 2.39. The van der Waals surface area contributed by atoms with Crippen molar-refractivity contribution in [3.63, 3.8) is 0 Å². The van der Waals surface area contributed by atoms with Crippen molar-refractivity contribution in [1.29, 1.82) is 0 Å². The topological polar surface area (TPSA) is 61.1 Å². The van der Waals surface area contributed by atoms with Crippen LogP contribution in [0, 0.1) is 6.57 Å². The number of rotatable bonds is 5. The third-order valence-electron chi connectivity index (χ3n) is 9.68. The van der Waals surface area contributed by atoms with Crippen LogP contribution in [-0.2, 0) is 0 Å². The zero-order valence-electron chi connectivity index (χ0n) is 27.7. The molecule has 0 bridgehead atoms. The van der Waals surface area contributed by atoms with Crippen LogP contribution >= 0.6 is 0 Å². The number of nitrogens with zero attached hydrogens (tertiary/aromatic N) is 5. The molecule has 0 spiro atoms. The highest BCUT2D eigenvalue weighted by molar-refractivity contribution is 6.13. The molecule has 0 saturated heterocycles. The van der Waals surface area contributed by atoms with Crippen molar-refractivity contribution in [2.24, 2.45) is 0 Å². The van der Waals surface area contributed by atoms with Crippen LogP contribution in [-0.4, -0.2) is 19.5 Å². The van der Waals surface area contributed by atoms with E-state index in [-0.39, 0.29) is 0 Å². The molecule has 6 heteroatoms. The molecule has 3 aromatic heterocycles. The van der Waals surface area contributed by atoms with Crippen LogP contribution in [0.25, 0.3) is 99.6 Å². The maximum Gasteiger partial charge on any atom is 0.198 e. The molecule has 0 amide bonds. The Balaban J connectivity index is 1.17. The van der Waals surface area contributed by atoms with Gasteiger partial charge in [-0.25, -0.2) is 19.8 Å². The molecule has 242 valence electrons. The number of hydrogen-bond acceptors (Lipinski definition) is 4. The summed E-state index contributed by atoms with van der Waals surface area (Å²) in [6, 6.07) is 55.5. The summed E-state index contributed by atoms with van der Waals surface area (Å²) in [7, 11) is 0. The zero-order valence-corrected chi connectivity index (χ0v) is 27.7. The van der Waals surface area contributed by atoms with E-state index in [1.165, 1.54) is 0 Å². The summed E-state index contributed by atoms with van der Waals surface area (Å²) in [6.07, 6.45) is 0. The lowest BCUT2D eigenvalue weighted by Gasteiger charge is -2.10. The van der Waals surface area contributed by atoms with Crippen LogP contribution in [0.15, 0.2) is 168 Å². The minimum atomic E-state index is 0.537. The van der Waals surface area contributed by atoms with E-state index in [9.17, 15) is 0 Å². The SMILES string of the molecule is [C-]#[N+]c1cccc2oc3ccc(-c4nc(-c5ccc(-c6ccccc6)cc5)nc(-c5ccc6c(c5)c5ccccc5n6-c5ccccc5)n4)cc3c12. The van der Waals surface area contributed by atoms with E-state index >= 15 is 0 Å². The lowest BCUT2D eigenvalue weighted by molar-refractivity contribution is 0.669. The molecular weight excluding hydrogens is 639 g/mol. The van der Waals surface area contributed by atoms with Crippen molar-refractivity contribution < 1.29 is 4.42 Å². The second-order valence-electron chi connectivity index (χ2n) is 12.7. The van der Waals surface area contributed by atoms with E-state index in [0.29, 0.717) is 34.3 Å². The summed E-state index contributed by atoms with van der Waals surface area (Å²) >= 11 is 0. The first-order valence-corrected chi connectivity index (χ1v) is 17.1. The predicted molar refractivity (Wildman–Crippen MR) is 209 cm³/mol. The second-order valence-corrected chi connectivity index (χ2v) is 12.7. The Labute approximate surface area is 298 Å². The van der Waals surface area contributed by atoms with Crippen molar-refractivity contribution in [3.05, 3.63) is 175 Å². The average molecular weight is 666 g/mol. The number of benzene rings is 7. The molecule has 0 aliphatic heterocycles. The van der Waals surface area contributed by atoms with Crippen molar-refractivity contribution in [3.8, 4) is 51.0 Å². The molecule has 0 unspecified atom stereocenters. The fourth-order valence-corrected chi connectivity index (χ4v) is 7.21. The Bertz CT molecular complexity index is 3010. The molecule has 0 N–H and O–H groups in total. The molecule has 0 fully saturated rings. The fourth-order valence-electron chi connectivity index (χ4n) is 7.21. The van der Waals surface area contributed by atoms with Crippen LogP contribution < -0.4 is 0 Å². The monoisotopic (exact) mass is 665 g/mol. The molecule has 0 atom stereocenters. The third kappa shape index (κ3) is 4.84. The Hall–Kier alpha value is -7.36. The van der Waals surface area contributed by atoms with Crippen LogP contribution in [0.2, 0.25) is 0 Å². The molecule has 10 aromatic rings. The fraction of sp³-hybridized carbons (Fsp3) is 0. The number of furan rings is 1. The van der Waals surface area contributed by atoms with Gasteiger partial charge in [0.05, 0.1) is 17.6 Å². The van der Waals surface area contributed by atoms with Crippen LogP contribution in [0.4, 0.5) is 5.69 Å². The van der Waals surface area contributed by atoms with Crippen LogP contribution in [0.3, 0.4) is 0 Å². The van der Waals surface area contributed by atoms with E-state index in [1.54, 1.807) is 0 Å². The van der Waals surface area contributed by atoms with Gasteiger partial charge in [-0.05, 0) is 71.8 Å². The largest absolute Gasteiger partial charge is 0.457 e. The van der Waals surface area contributed by atoms with E-state index in [4.69, 9.17) is 25.9 Å². The van der Waals surface area contributed by atoms with Gasteiger partial charge in [0.1, 0.15) is 11.2 Å². The van der Waals surface area contributed by atoms with Gasteiger partial charge in [-0.2, -0.15) is 0 Å². The highest BCUT2D eigenvalue weighted by atomic mass is 16.3. The van der Waals surface area contributed by atoms with E-state index in [1.807, 2.05) is 60.7 Å². The summed E-state index contributed by atoms with van der Waals surface area (Å²) in [6.45, 7) is 7.78. The number of fused-ring (bicyclic) bond motifs is 6. The Morgan fingerprint density at radius 1 is 0.442 bits per heavy atom. The van der Waals surface area contributed by atoms with Gasteiger partial charge >= 0.3 is 0 Å². The predicted octanol–water partition coefficient (Wildman–Crippen LogP) is 12.1. The second kappa shape index (κ2) is 11.9. The van der Waals surface area contributed by atoms with Gasteiger partial charge in [0.25, 0.3) is 0 Å². The maximum atomic E-state index is 7.78. The van der Waals surface area contributed by atoms with E-state index in [2.05, 4.69) is 113 Å². The minimum absolute atomic E-state index is 0.537. The van der Waals surface area contributed by atoms with Crippen molar-refractivity contribution in [2.45, 2.75) is 0 Å². The molecule has 52 heavy (non-hydrogen) atoms. The molecule has 6 nitrogen and oxygen atoms in total. The smallest absolute Gasteiger partial charge is 0.198 e. The first kappa shape index (κ1) is 29.5. The average Bonchev–Trinajstić information content (AvgIpc) is 3.76. The van der Waals surface area contributed by atoms with Gasteiger partial charge < -0.3 is 8.98 Å². The standard InChI is InChI=1S/C46H27N5O/c1-47-38-16-10-18-42-43(38)37-28-33(24-26-41(37)52-42)46-49-44(31-21-19-30(20-22-31)29-11-4-2-5-12-29)48-45(50-46)32-23-25-40-36(27-32)35-15-8-9-17-39(35)51(40)34-13-6-3-7-14-34/h2-28H. The van der Waals surface area contributed by atoms with Crippen molar-refractivity contribution >= 4 is 49.4 Å². The number of aromatic nitrogens is 4. The Kier molecular flexibility index (Phi) is 6.76. The Morgan fingerprint density at radius 2 is 1.02 bits per heavy atom. The van der Waals surface area contributed by atoms with Gasteiger partial charge in [0, 0.05) is 43.9 Å². The molecule has 0 aliphatic rings. The van der Waals surface area contributed by atoms with Gasteiger partial charge in [-0.1, -0.05) is 103 Å². The number of hydrogen-bond donors (Lipinski definition) is 0. The lowest BCUT2D eigenvalue weighted by atomic mass is 10.0. The molecule has 0 saturated carbocycles. The van der Waals surface area contributed by atoms with Crippen LogP contribution in [0.5, 0.6) is 0 Å². The summed E-state index contributed by atoms with van der Waals surface area (Å²) in [5.74, 6) is 1.69. The Morgan fingerprint density at radius 3 is 1.77 bits per heavy atom. The normalized spacial score (nSPS) is 11.4. The first-order valence-electron chi connectivity index (χ1n) is 17.1. The van der Waals surface area contributed by atoms with Crippen molar-refractivity contribution in [1.82, 2.24) is 19.5 Å². The minimum Gasteiger partial charge on any atom is -0.457 e. The quantitative estimate of drug-likeness (QED) is 0.172. The molecular formula is C46H27N5O. The lowest BCUT2D eigenvalue weighted by Crippen LogP contribution is -2.00. The first-order chi connectivity index (χ1) is 25.7. The van der Waals surface area contributed by atoms with Gasteiger partial charge in [-0.3, -0.25) is 0 Å². The molecule has 0 radical (unpaired) electrons. The van der Waals surface area contributed by atoms with Crippen molar-refractivity contribution in [2.75, 3.05) is 0 Å². The summed E-state index contributed by atoms with van der Waals surface area (Å²) in [5, 5.41) is 3.92. The molecule has 0 aliphatic carbocycles. The molecule has 7 aromatic carbocycles. The zero-order chi connectivity index (χ0) is 34.6. The summed E-state index contributed by atoms with van der Waals surface area (Å²) in [4.78, 5) is 19.0. The van der Waals surface area contributed by atoms with E-state index in [0.717, 1.165) is 66.1 Å². The number of para-hydroxylation sites is 2. The van der Waals surface area contributed by atoms with Gasteiger partial charge in [-0.15, -0.1) is 0 Å². The van der Waals surface area contributed by atoms with Gasteiger partial charge in [0.2, 0.25) is 0 Å². The molecule has 3 heterocycles. The summed E-state index contributed by atoms with van der Waals surface area (Å²) < 4.78 is 8.43. The van der Waals surface area contributed by atoms with Crippen LogP contribution in [0.1, 0.15) is 0 Å². The summed E-state index contributed by atoms with van der Waals surface area (Å²) in [5.41, 5.74) is 10.1. The van der Waals surface area contributed by atoms with Gasteiger partial charge in [0.15, 0.2) is 23.2 Å². The molecule has 10 rings (SSSR count). The third-order valence-corrected chi connectivity index (χ3v) is 9.68. The maximum absolute atomic E-state index is 7.78.